The number of aliphatic hydroxyl groups is 6. The summed E-state index contributed by atoms with van der Waals surface area (Å²) in [5, 5.41) is 61.4. The Kier molecular flexibility index (Phi) is 12.3. The Hall–Kier alpha value is -1.01. The molecule has 0 aliphatic heterocycles. The molecule has 10 nitrogen and oxygen atoms in total. The smallest absolute Gasteiger partial charge is 0.402 e. The van der Waals surface area contributed by atoms with E-state index < -0.39 is 56.6 Å². The summed E-state index contributed by atoms with van der Waals surface area (Å²) in [6, 6.07) is 0. The maximum Gasteiger partial charge on any atom is 0.402 e. The molecule has 1 amide bonds. The minimum absolute atomic E-state index is 0.141. The monoisotopic (exact) mass is 315 g/mol. The highest BCUT2D eigenvalue weighted by atomic mass is 16.5. The summed E-state index contributed by atoms with van der Waals surface area (Å²) in [6.45, 7) is -3.01. The summed E-state index contributed by atoms with van der Waals surface area (Å²) in [5.41, 5.74) is 1.71. The standard InChI is InChI=1S/C10H22O7.CH3NO2/c11-1-9(2-12,3-13)7-17-8-10(4-14,5-15)6-16;2-1(3)4/h11-16H,1-8H2;2H2,(H,3,4). The van der Waals surface area contributed by atoms with Crippen molar-refractivity contribution in [3.8, 4) is 0 Å². The van der Waals surface area contributed by atoms with Gasteiger partial charge < -0.3 is 46.2 Å². The highest BCUT2D eigenvalue weighted by Gasteiger charge is 2.32. The van der Waals surface area contributed by atoms with Gasteiger partial charge in [0.05, 0.1) is 63.7 Å². The summed E-state index contributed by atoms with van der Waals surface area (Å²) >= 11 is 0. The number of rotatable bonds is 10. The molecule has 0 aromatic heterocycles. The number of ether oxygens (including phenoxy) is 1. The van der Waals surface area contributed by atoms with Crippen LogP contribution in [0.3, 0.4) is 0 Å². The van der Waals surface area contributed by atoms with Crippen molar-refractivity contribution in [3.05, 3.63) is 0 Å². The SMILES string of the molecule is NC(=O)O.OCC(CO)(CO)COCC(CO)(CO)CO. The molecule has 0 atom stereocenters. The predicted molar refractivity (Wildman–Crippen MR) is 70.4 cm³/mol. The number of nitrogens with two attached hydrogens (primary N) is 1. The lowest BCUT2D eigenvalue weighted by Gasteiger charge is -2.31. The molecule has 10 heteroatoms. The van der Waals surface area contributed by atoms with Crippen LogP contribution in [0, 0.1) is 10.8 Å². The van der Waals surface area contributed by atoms with Gasteiger partial charge in [-0.25, -0.2) is 4.79 Å². The first kappa shape index (κ1) is 22.3. The van der Waals surface area contributed by atoms with Crippen LogP contribution in [0.1, 0.15) is 0 Å². The molecule has 21 heavy (non-hydrogen) atoms. The van der Waals surface area contributed by atoms with Gasteiger partial charge in [-0.05, 0) is 0 Å². The van der Waals surface area contributed by atoms with Gasteiger partial charge in [0.15, 0.2) is 0 Å². The van der Waals surface area contributed by atoms with E-state index >= 15 is 0 Å². The first-order valence-corrected chi connectivity index (χ1v) is 6.02. The van der Waals surface area contributed by atoms with Crippen LogP contribution < -0.4 is 5.73 Å². The third-order valence-corrected chi connectivity index (χ3v) is 2.83. The van der Waals surface area contributed by atoms with Crippen molar-refractivity contribution in [2.24, 2.45) is 16.6 Å². The fourth-order valence-electron chi connectivity index (χ4n) is 1.06. The lowest BCUT2D eigenvalue weighted by Crippen LogP contribution is -2.43. The third-order valence-electron chi connectivity index (χ3n) is 2.83. The molecule has 0 aliphatic rings. The molecular weight excluding hydrogens is 290 g/mol. The number of hydrogen-bond acceptors (Lipinski definition) is 8. The maximum atomic E-state index is 9.03. The minimum Gasteiger partial charge on any atom is -0.465 e. The van der Waals surface area contributed by atoms with Crippen molar-refractivity contribution in [1.82, 2.24) is 0 Å². The van der Waals surface area contributed by atoms with Gasteiger partial charge in [0.1, 0.15) is 0 Å². The topological polar surface area (TPSA) is 194 Å². The van der Waals surface area contributed by atoms with E-state index in [0.717, 1.165) is 0 Å². The summed E-state index contributed by atoms with van der Waals surface area (Å²) in [4.78, 5) is 8.78. The van der Waals surface area contributed by atoms with Crippen LogP contribution >= 0.6 is 0 Å². The number of carboxylic acid groups (broad SMARTS) is 1. The van der Waals surface area contributed by atoms with Crippen molar-refractivity contribution >= 4 is 6.09 Å². The Morgan fingerprint density at radius 2 is 0.952 bits per heavy atom. The Morgan fingerprint density at radius 1 is 0.762 bits per heavy atom. The van der Waals surface area contributed by atoms with Crippen molar-refractivity contribution in [1.29, 1.82) is 0 Å². The highest BCUT2D eigenvalue weighted by Crippen LogP contribution is 2.19. The average molecular weight is 315 g/mol. The van der Waals surface area contributed by atoms with Gasteiger partial charge in [-0.2, -0.15) is 0 Å². The number of amides is 1. The van der Waals surface area contributed by atoms with E-state index in [1.807, 2.05) is 0 Å². The lowest BCUT2D eigenvalue weighted by molar-refractivity contribution is -0.103. The van der Waals surface area contributed by atoms with Crippen molar-refractivity contribution in [3.63, 3.8) is 0 Å². The Balaban J connectivity index is 0. The van der Waals surface area contributed by atoms with Crippen LogP contribution in [0.4, 0.5) is 4.79 Å². The van der Waals surface area contributed by atoms with Gasteiger partial charge in [-0.1, -0.05) is 0 Å². The van der Waals surface area contributed by atoms with Crippen LogP contribution in [0.25, 0.3) is 0 Å². The van der Waals surface area contributed by atoms with E-state index in [1.165, 1.54) is 0 Å². The van der Waals surface area contributed by atoms with E-state index in [1.54, 1.807) is 0 Å². The maximum absolute atomic E-state index is 9.03. The van der Waals surface area contributed by atoms with Gasteiger partial charge in [0, 0.05) is 0 Å². The molecule has 128 valence electrons. The van der Waals surface area contributed by atoms with Gasteiger partial charge >= 0.3 is 6.09 Å². The molecule has 0 saturated carbocycles. The molecule has 9 N–H and O–H groups in total. The molecule has 0 aliphatic carbocycles. The van der Waals surface area contributed by atoms with Gasteiger partial charge in [0.2, 0.25) is 0 Å². The fraction of sp³-hybridized carbons (Fsp3) is 0.909. The molecule has 0 aromatic rings. The number of carbonyl (C=O) groups is 1. The molecule has 0 rings (SSSR count). The van der Waals surface area contributed by atoms with Crippen LogP contribution in [0.2, 0.25) is 0 Å². The fourth-order valence-corrected chi connectivity index (χ4v) is 1.06. The first-order chi connectivity index (χ1) is 9.80. The molecule has 0 aromatic carbocycles. The number of hydrogen-bond donors (Lipinski definition) is 8. The second-order valence-electron chi connectivity index (χ2n) is 4.78. The largest absolute Gasteiger partial charge is 0.465 e. The van der Waals surface area contributed by atoms with Crippen molar-refractivity contribution in [2.75, 3.05) is 52.9 Å². The van der Waals surface area contributed by atoms with Crippen LogP contribution in [0.5, 0.6) is 0 Å². The Labute approximate surface area is 122 Å². The second-order valence-corrected chi connectivity index (χ2v) is 4.78. The number of primary amides is 1. The molecular formula is C11H25NO9. The average Bonchev–Trinajstić information content (AvgIpc) is 2.48. The van der Waals surface area contributed by atoms with E-state index in [0.29, 0.717) is 0 Å². The Bertz CT molecular complexity index is 226. The number of aliphatic hydroxyl groups excluding tert-OH is 6. The van der Waals surface area contributed by atoms with Crippen molar-refractivity contribution in [2.45, 2.75) is 0 Å². The van der Waals surface area contributed by atoms with Gasteiger partial charge in [-0.3, -0.25) is 0 Å². The zero-order valence-corrected chi connectivity index (χ0v) is 11.7. The van der Waals surface area contributed by atoms with E-state index in [9.17, 15) is 0 Å². The molecule has 0 saturated heterocycles. The molecule has 0 heterocycles. The quantitative estimate of drug-likeness (QED) is 0.202. The first-order valence-electron chi connectivity index (χ1n) is 6.02. The van der Waals surface area contributed by atoms with Gasteiger partial charge in [-0.15, -0.1) is 0 Å². The van der Waals surface area contributed by atoms with E-state index in [-0.39, 0.29) is 13.2 Å². The lowest BCUT2D eigenvalue weighted by atomic mass is 9.91. The summed E-state index contributed by atoms with van der Waals surface area (Å²) in [5.74, 6) is 0. The minimum atomic E-state index is -1.33. The zero-order chi connectivity index (χ0) is 16.9. The molecule has 0 unspecified atom stereocenters. The second kappa shape index (κ2) is 11.6. The molecule has 0 spiro atoms. The Morgan fingerprint density at radius 3 is 1.10 bits per heavy atom. The normalized spacial score (nSPS) is 11.7. The molecule has 0 fully saturated rings. The third kappa shape index (κ3) is 8.78. The van der Waals surface area contributed by atoms with Crippen LogP contribution in [0.15, 0.2) is 0 Å². The molecule has 0 radical (unpaired) electrons. The van der Waals surface area contributed by atoms with Crippen LogP contribution in [-0.4, -0.2) is 94.7 Å². The zero-order valence-electron chi connectivity index (χ0n) is 11.7. The van der Waals surface area contributed by atoms with Crippen molar-refractivity contribution < 1.29 is 45.3 Å². The molecule has 0 bridgehead atoms. The van der Waals surface area contributed by atoms with E-state index in [4.69, 9.17) is 45.3 Å². The summed E-state index contributed by atoms with van der Waals surface area (Å²) < 4.78 is 5.15. The summed E-state index contributed by atoms with van der Waals surface area (Å²) in [7, 11) is 0. The highest BCUT2D eigenvalue weighted by molar-refractivity contribution is 5.61. The summed E-state index contributed by atoms with van der Waals surface area (Å²) in [6.07, 6.45) is -1.33. The predicted octanol–water partition coefficient (Wildman–Crippen LogP) is -3.45. The van der Waals surface area contributed by atoms with E-state index in [2.05, 4.69) is 5.73 Å². The van der Waals surface area contributed by atoms with Crippen LogP contribution in [-0.2, 0) is 4.74 Å². The van der Waals surface area contributed by atoms with Gasteiger partial charge in [0.25, 0.3) is 0 Å².